The second kappa shape index (κ2) is 6.23. The SMILES string of the molecule is CCn1nc(C)cc1CC(CC)(CN)c1ccccc1. The smallest absolute Gasteiger partial charge is 0.0596 e. The lowest BCUT2D eigenvalue weighted by Crippen LogP contribution is -2.37. The molecule has 0 saturated carbocycles. The van der Waals surface area contributed by atoms with Crippen LogP contribution in [0.4, 0.5) is 0 Å². The number of nitrogens with two attached hydrogens (primary N) is 1. The van der Waals surface area contributed by atoms with Gasteiger partial charge in [-0.15, -0.1) is 0 Å². The van der Waals surface area contributed by atoms with Crippen LogP contribution in [-0.4, -0.2) is 16.3 Å². The highest BCUT2D eigenvalue weighted by Crippen LogP contribution is 2.31. The van der Waals surface area contributed by atoms with Gasteiger partial charge in [-0.1, -0.05) is 37.3 Å². The van der Waals surface area contributed by atoms with Gasteiger partial charge in [-0.05, 0) is 31.9 Å². The van der Waals surface area contributed by atoms with Crippen molar-refractivity contribution in [3.63, 3.8) is 0 Å². The van der Waals surface area contributed by atoms with Gasteiger partial charge in [-0.25, -0.2) is 0 Å². The average molecular weight is 271 g/mol. The minimum atomic E-state index is 0.000648. The molecule has 1 aromatic carbocycles. The largest absolute Gasteiger partial charge is 0.330 e. The van der Waals surface area contributed by atoms with E-state index in [-0.39, 0.29) is 5.41 Å². The van der Waals surface area contributed by atoms with E-state index in [1.807, 2.05) is 6.92 Å². The highest BCUT2D eigenvalue weighted by atomic mass is 15.3. The Labute approximate surface area is 121 Å². The summed E-state index contributed by atoms with van der Waals surface area (Å²) in [6.45, 7) is 7.96. The minimum absolute atomic E-state index is 0.000648. The van der Waals surface area contributed by atoms with Crippen LogP contribution >= 0.6 is 0 Å². The molecule has 0 aliphatic carbocycles. The highest BCUT2D eigenvalue weighted by molar-refractivity contribution is 5.29. The van der Waals surface area contributed by atoms with Crippen LogP contribution in [0.25, 0.3) is 0 Å². The van der Waals surface area contributed by atoms with Gasteiger partial charge >= 0.3 is 0 Å². The molecule has 1 aromatic heterocycles. The second-order valence-electron chi connectivity index (χ2n) is 5.47. The minimum Gasteiger partial charge on any atom is -0.330 e. The fraction of sp³-hybridized carbons (Fsp3) is 0.471. The van der Waals surface area contributed by atoms with Crippen molar-refractivity contribution < 1.29 is 0 Å². The Balaban J connectivity index is 2.39. The fourth-order valence-electron chi connectivity index (χ4n) is 2.92. The van der Waals surface area contributed by atoms with E-state index >= 15 is 0 Å². The molecule has 2 N–H and O–H groups in total. The van der Waals surface area contributed by atoms with Crippen molar-refractivity contribution in [1.29, 1.82) is 0 Å². The number of aryl methyl sites for hydroxylation is 2. The molecule has 108 valence electrons. The first kappa shape index (κ1) is 14.8. The van der Waals surface area contributed by atoms with Crippen LogP contribution in [0.1, 0.15) is 37.2 Å². The van der Waals surface area contributed by atoms with Gasteiger partial charge in [0.2, 0.25) is 0 Å². The van der Waals surface area contributed by atoms with Gasteiger partial charge in [0, 0.05) is 30.6 Å². The lowest BCUT2D eigenvalue weighted by atomic mass is 9.74. The normalized spacial score (nSPS) is 14.2. The molecule has 0 aliphatic heterocycles. The Morgan fingerprint density at radius 3 is 2.45 bits per heavy atom. The molecule has 0 fully saturated rings. The summed E-state index contributed by atoms with van der Waals surface area (Å²) in [5.41, 5.74) is 9.85. The maximum atomic E-state index is 6.17. The van der Waals surface area contributed by atoms with Crippen LogP contribution in [0, 0.1) is 6.92 Å². The summed E-state index contributed by atoms with van der Waals surface area (Å²) in [6, 6.07) is 12.8. The maximum absolute atomic E-state index is 6.17. The van der Waals surface area contributed by atoms with Crippen molar-refractivity contribution in [3.8, 4) is 0 Å². The Bertz CT molecular complexity index is 539. The van der Waals surface area contributed by atoms with Gasteiger partial charge in [0.25, 0.3) is 0 Å². The molecule has 0 amide bonds. The number of hydrogen-bond donors (Lipinski definition) is 1. The zero-order chi connectivity index (χ0) is 14.6. The quantitative estimate of drug-likeness (QED) is 0.877. The molecular formula is C17H25N3. The average Bonchev–Trinajstić information content (AvgIpc) is 2.85. The summed E-state index contributed by atoms with van der Waals surface area (Å²) in [5.74, 6) is 0. The third-order valence-electron chi connectivity index (χ3n) is 4.26. The summed E-state index contributed by atoms with van der Waals surface area (Å²) in [5, 5.41) is 4.55. The lowest BCUT2D eigenvalue weighted by molar-refractivity contribution is 0.402. The van der Waals surface area contributed by atoms with Crippen LogP contribution < -0.4 is 5.73 Å². The van der Waals surface area contributed by atoms with Gasteiger partial charge < -0.3 is 5.73 Å². The van der Waals surface area contributed by atoms with Gasteiger partial charge in [-0.2, -0.15) is 5.10 Å². The number of hydrogen-bond acceptors (Lipinski definition) is 2. The third-order valence-corrected chi connectivity index (χ3v) is 4.26. The van der Waals surface area contributed by atoms with Crippen LogP contribution in [0.15, 0.2) is 36.4 Å². The molecule has 3 heteroatoms. The number of nitrogens with zero attached hydrogens (tertiary/aromatic N) is 2. The Kier molecular flexibility index (Phi) is 4.61. The van der Waals surface area contributed by atoms with Gasteiger partial charge in [0.05, 0.1) is 5.69 Å². The molecule has 1 atom stereocenters. The van der Waals surface area contributed by atoms with Crippen molar-refractivity contribution >= 4 is 0 Å². The number of aromatic nitrogens is 2. The molecule has 0 aliphatic rings. The van der Waals surface area contributed by atoms with Crippen LogP contribution in [0.2, 0.25) is 0 Å². The second-order valence-corrected chi connectivity index (χ2v) is 5.47. The van der Waals surface area contributed by atoms with Crippen LogP contribution in [-0.2, 0) is 18.4 Å². The molecule has 1 heterocycles. The van der Waals surface area contributed by atoms with E-state index in [0.717, 1.165) is 25.1 Å². The summed E-state index contributed by atoms with van der Waals surface area (Å²) in [6.07, 6.45) is 1.97. The van der Waals surface area contributed by atoms with E-state index in [2.05, 4.69) is 60.0 Å². The van der Waals surface area contributed by atoms with Crippen molar-refractivity contribution in [3.05, 3.63) is 53.3 Å². The molecule has 0 bridgehead atoms. The van der Waals surface area contributed by atoms with Crippen molar-refractivity contribution in [1.82, 2.24) is 9.78 Å². The van der Waals surface area contributed by atoms with Crippen LogP contribution in [0.3, 0.4) is 0 Å². The molecule has 1 unspecified atom stereocenters. The molecule has 20 heavy (non-hydrogen) atoms. The zero-order valence-corrected chi connectivity index (χ0v) is 12.8. The lowest BCUT2D eigenvalue weighted by Gasteiger charge is -2.32. The Hall–Kier alpha value is -1.61. The van der Waals surface area contributed by atoms with E-state index < -0.39 is 0 Å². The van der Waals surface area contributed by atoms with Gasteiger partial charge in [0.1, 0.15) is 0 Å². The molecule has 2 aromatic rings. The molecule has 3 nitrogen and oxygen atoms in total. The highest BCUT2D eigenvalue weighted by Gasteiger charge is 2.30. The van der Waals surface area contributed by atoms with Gasteiger partial charge in [-0.3, -0.25) is 4.68 Å². The predicted octanol–water partition coefficient (Wildman–Crippen LogP) is 3.06. The Morgan fingerprint density at radius 1 is 1.20 bits per heavy atom. The summed E-state index contributed by atoms with van der Waals surface area (Å²) in [4.78, 5) is 0. The molecule has 0 spiro atoms. The third kappa shape index (κ3) is 2.78. The zero-order valence-electron chi connectivity index (χ0n) is 12.8. The van der Waals surface area contributed by atoms with Crippen LogP contribution in [0.5, 0.6) is 0 Å². The monoisotopic (exact) mass is 271 g/mol. The Morgan fingerprint density at radius 2 is 1.90 bits per heavy atom. The van der Waals surface area contributed by atoms with Gasteiger partial charge in [0.15, 0.2) is 0 Å². The van der Waals surface area contributed by atoms with E-state index in [0.29, 0.717) is 6.54 Å². The summed E-state index contributed by atoms with van der Waals surface area (Å²) < 4.78 is 2.10. The molecule has 0 saturated heterocycles. The molecule has 2 rings (SSSR count). The van der Waals surface area contributed by atoms with Crippen molar-refractivity contribution in [2.24, 2.45) is 5.73 Å². The predicted molar refractivity (Wildman–Crippen MR) is 83.8 cm³/mol. The first-order valence-corrected chi connectivity index (χ1v) is 7.44. The summed E-state index contributed by atoms with van der Waals surface area (Å²) in [7, 11) is 0. The number of rotatable bonds is 6. The topological polar surface area (TPSA) is 43.8 Å². The molecule has 0 radical (unpaired) electrons. The summed E-state index contributed by atoms with van der Waals surface area (Å²) >= 11 is 0. The number of benzene rings is 1. The maximum Gasteiger partial charge on any atom is 0.0596 e. The molecular weight excluding hydrogens is 246 g/mol. The standard InChI is InChI=1S/C17H25N3/c1-4-17(13-18,15-9-7-6-8-10-15)12-16-11-14(3)19-20(16)5-2/h6-11H,4-5,12-13,18H2,1-3H3. The first-order valence-electron chi connectivity index (χ1n) is 7.44. The van der Waals surface area contributed by atoms with E-state index in [1.54, 1.807) is 0 Å². The van der Waals surface area contributed by atoms with Crippen molar-refractivity contribution in [2.45, 2.75) is 45.6 Å². The fourth-order valence-corrected chi connectivity index (χ4v) is 2.92. The van der Waals surface area contributed by atoms with E-state index in [9.17, 15) is 0 Å². The van der Waals surface area contributed by atoms with E-state index in [1.165, 1.54) is 11.3 Å². The van der Waals surface area contributed by atoms with E-state index in [4.69, 9.17) is 5.73 Å². The van der Waals surface area contributed by atoms with Crippen molar-refractivity contribution in [2.75, 3.05) is 6.54 Å². The first-order chi connectivity index (χ1) is 9.65.